The van der Waals surface area contributed by atoms with E-state index in [0.717, 1.165) is 5.75 Å². The van der Waals surface area contributed by atoms with E-state index in [9.17, 15) is 4.39 Å². The number of rotatable bonds is 3. The molecule has 0 fully saturated rings. The molecule has 1 rings (SSSR count). The molecule has 0 bridgehead atoms. The smallest absolute Gasteiger partial charge is 0.123 e. The Hall–Kier alpha value is -1.05. The fraction of sp³-hybridized carbons (Fsp3) is 0.500. The topological polar surface area (TPSA) is 9.23 Å². The largest absolute Gasteiger partial charge is 0.491 e. The predicted molar refractivity (Wildman–Crippen MR) is 56.6 cm³/mol. The van der Waals surface area contributed by atoms with Gasteiger partial charge in [-0.3, -0.25) is 0 Å². The summed E-state index contributed by atoms with van der Waals surface area (Å²) in [4.78, 5) is 0. The molecule has 1 aromatic carbocycles. The third-order valence-corrected chi connectivity index (χ3v) is 2.07. The van der Waals surface area contributed by atoms with Crippen molar-refractivity contribution in [1.29, 1.82) is 0 Å². The third-order valence-electron chi connectivity index (χ3n) is 2.07. The van der Waals surface area contributed by atoms with Gasteiger partial charge in [-0.2, -0.15) is 0 Å². The molecular weight excluding hydrogens is 178 g/mol. The molecule has 0 saturated carbocycles. The number of benzene rings is 1. The number of hydrogen-bond acceptors (Lipinski definition) is 1. The van der Waals surface area contributed by atoms with Gasteiger partial charge < -0.3 is 4.74 Å². The summed E-state index contributed by atoms with van der Waals surface area (Å²) in [5, 5.41) is 0. The lowest BCUT2D eigenvalue weighted by Crippen LogP contribution is -2.10. The highest BCUT2D eigenvalue weighted by molar-refractivity contribution is 5.30. The highest BCUT2D eigenvalue weighted by atomic mass is 18.2. The number of alkyl halides is 1. The van der Waals surface area contributed by atoms with E-state index in [1.807, 2.05) is 24.3 Å². The molecule has 0 heterocycles. The van der Waals surface area contributed by atoms with Gasteiger partial charge in [0.15, 0.2) is 0 Å². The van der Waals surface area contributed by atoms with Gasteiger partial charge in [-0.25, -0.2) is 4.39 Å². The third kappa shape index (κ3) is 3.02. The maximum absolute atomic E-state index is 11.8. The van der Waals surface area contributed by atoms with Gasteiger partial charge in [0.05, 0.1) is 0 Å². The lowest BCUT2D eigenvalue weighted by Gasteiger charge is -2.19. The van der Waals surface area contributed by atoms with Gasteiger partial charge in [-0.15, -0.1) is 0 Å². The predicted octanol–water partition coefficient (Wildman–Crippen LogP) is 3.33. The first-order valence-corrected chi connectivity index (χ1v) is 4.83. The lowest BCUT2D eigenvalue weighted by atomic mass is 9.87. The van der Waals surface area contributed by atoms with Gasteiger partial charge in [0, 0.05) is 0 Å². The standard InChI is InChI=1S/C12H17FO/c1-12(2,3)10-4-6-11(7-5-10)14-9-8-13/h4-7H,8-9H2,1-3H3/i13-1. The van der Waals surface area contributed by atoms with Crippen molar-refractivity contribution in [2.75, 3.05) is 13.3 Å². The Morgan fingerprint density at radius 1 is 1.14 bits per heavy atom. The van der Waals surface area contributed by atoms with Crippen LogP contribution < -0.4 is 4.74 Å². The van der Waals surface area contributed by atoms with Crippen LogP contribution in [0, 0.1) is 0 Å². The fourth-order valence-corrected chi connectivity index (χ4v) is 1.21. The van der Waals surface area contributed by atoms with Gasteiger partial charge in [0.1, 0.15) is 19.0 Å². The average molecular weight is 195 g/mol. The van der Waals surface area contributed by atoms with E-state index in [2.05, 4.69) is 20.8 Å². The molecule has 0 spiro atoms. The fourth-order valence-electron chi connectivity index (χ4n) is 1.21. The molecule has 78 valence electrons. The van der Waals surface area contributed by atoms with Crippen LogP contribution in [0.15, 0.2) is 24.3 Å². The zero-order chi connectivity index (χ0) is 10.6. The van der Waals surface area contributed by atoms with E-state index in [1.165, 1.54) is 5.56 Å². The molecule has 1 aromatic rings. The van der Waals surface area contributed by atoms with E-state index < -0.39 is 6.67 Å². The van der Waals surface area contributed by atoms with Gasteiger partial charge in [-0.1, -0.05) is 32.9 Å². The molecule has 0 amide bonds. The van der Waals surface area contributed by atoms with Gasteiger partial charge >= 0.3 is 0 Å². The molecule has 14 heavy (non-hydrogen) atoms. The first-order valence-electron chi connectivity index (χ1n) is 4.83. The Morgan fingerprint density at radius 3 is 2.14 bits per heavy atom. The monoisotopic (exact) mass is 195 g/mol. The maximum Gasteiger partial charge on any atom is 0.123 e. The van der Waals surface area contributed by atoms with Crippen molar-refractivity contribution in [3.05, 3.63) is 29.8 Å². The van der Waals surface area contributed by atoms with E-state index in [0.29, 0.717) is 0 Å². The summed E-state index contributed by atoms with van der Waals surface area (Å²) in [7, 11) is 0. The summed E-state index contributed by atoms with van der Waals surface area (Å²) in [6.45, 7) is 6.16. The van der Waals surface area contributed by atoms with Crippen LogP contribution in [0.1, 0.15) is 26.3 Å². The summed E-state index contributed by atoms with van der Waals surface area (Å²) in [5.74, 6) is 0.732. The van der Waals surface area contributed by atoms with Crippen molar-refractivity contribution in [3.8, 4) is 5.75 Å². The van der Waals surface area contributed by atoms with E-state index in [-0.39, 0.29) is 12.0 Å². The Bertz CT molecular complexity index is 271. The Labute approximate surface area is 84.9 Å². The average Bonchev–Trinajstić information content (AvgIpc) is 2.14. The molecule has 0 aromatic heterocycles. The molecule has 0 aliphatic rings. The Kier molecular flexibility index (Phi) is 3.50. The second-order valence-electron chi connectivity index (χ2n) is 4.31. The molecule has 0 saturated heterocycles. The van der Waals surface area contributed by atoms with Gasteiger partial charge in [0.2, 0.25) is 0 Å². The van der Waals surface area contributed by atoms with Crippen molar-refractivity contribution in [2.45, 2.75) is 26.2 Å². The van der Waals surface area contributed by atoms with E-state index in [1.54, 1.807) is 0 Å². The Morgan fingerprint density at radius 2 is 1.71 bits per heavy atom. The summed E-state index contributed by atoms with van der Waals surface area (Å²) in [6, 6.07) is 7.81. The highest BCUT2D eigenvalue weighted by Gasteiger charge is 2.12. The Balaban J connectivity index is 2.69. The van der Waals surface area contributed by atoms with Crippen LogP contribution >= 0.6 is 0 Å². The molecule has 0 atom stereocenters. The van der Waals surface area contributed by atoms with E-state index in [4.69, 9.17) is 4.74 Å². The van der Waals surface area contributed by atoms with Crippen LogP contribution in [0.5, 0.6) is 5.75 Å². The summed E-state index contributed by atoms with van der Waals surface area (Å²) < 4.78 is 17.0. The zero-order valence-electron chi connectivity index (χ0n) is 9.01. The molecule has 1 nitrogen and oxygen atoms in total. The lowest BCUT2D eigenvalue weighted by molar-refractivity contribution is 0.273. The van der Waals surface area contributed by atoms with Crippen LogP contribution in [0.4, 0.5) is 4.39 Å². The summed E-state index contributed by atoms with van der Waals surface area (Å²) >= 11 is 0. The molecule has 0 N–H and O–H groups in total. The molecule has 2 heteroatoms. The quantitative estimate of drug-likeness (QED) is 0.718. The highest BCUT2D eigenvalue weighted by Crippen LogP contribution is 2.24. The van der Waals surface area contributed by atoms with Gasteiger partial charge in [0.25, 0.3) is 0 Å². The summed E-state index contributed by atoms with van der Waals surface area (Å²) in [6.07, 6.45) is 0. The molecule has 0 unspecified atom stereocenters. The van der Waals surface area contributed by atoms with Gasteiger partial charge in [-0.05, 0) is 23.1 Å². The minimum absolute atomic E-state index is 0.134. The van der Waals surface area contributed by atoms with Crippen LogP contribution in [0.2, 0.25) is 0 Å². The van der Waals surface area contributed by atoms with Crippen molar-refractivity contribution in [2.24, 2.45) is 0 Å². The zero-order valence-corrected chi connectivity index (χ0v) is 9.01. The maximum atomic E-state index is 11.8. The number of hydrogen-bond donors (Lipinski definition) is 0. The van der Waals surface area contributed by atoms with Crippen LogP contribution in [-0.2, 0) is 5.41 Å². The second kappa shape index (κ2) is 4.45. The van der Waals surface area contributed by atoms with Crippen LogP contribution in [0.3, 0.4) is 0 Å². The number of halogens is 1. The van der Waals surface area contributed by atoms with Crippen molar-refractivity contribution >= 4 is 0 Å². The van der Waals surface area contributed by atoms with E-state index >= 15 is 0 Å². The first-order chi connectivity index (χ1) is 6.54. The number of ether oxygens (including phenoxy) is 1. The summed E-state index contributed by atoms with van der Waals surface area (Å²) in [5.41, 5.74) is 1.41. The van der Waals surface area contributed by atoms with Crippen LogP contribution in [0.25, 0.3) is 0 Å². The van der Waals surface area contributed by atoms with Crippen molar-refractivity contribution in [3.63, 3.8) is 0 Å². The molecule has 0 aliphatic heterocycles. The first kappa shape index (κ1) is 11.0. The van der Waals surface area contributed by atoms with Crippen LogP contribution in [-0.4, -0.2) is 13.3 Å². The molecular formula is C12H17FO. The SMILES string of the molecule is CC(C)(C)c1ccc(OCC[18F])cc1. The minimum Gasteiger partial charge on any atom is -0.491 e. The molecule has 0 aliphatic carbocycles. The van der Waals surface area contributed by atoms with Crippen molar-refractivity contribution in [1.82, 2.24) is 0 Å². The molecule has 0 radical (unpaired) electrons. The second-order valence-corrected chi connectivity index (χ2v) is 4.31. The minimum atomic E-state index is -0.443. The normalized spacial score (nSPS) is 11.4. The van der Waals surface area contributed by atoms with Crippen molar-refractivity contribution < 1.29 is 9.13 Å².